The Bertz CT molecular complexity index is 1540. The highest BCUT2D eigenvalue weighted by Crippen LogP contribution is 2.34. The second-order valence-electron chi connectivity index (χ2n) is 8.62. The van der Waals surface area contributed by atoms with Gasteiger partial charge in [0.2, 0.25) is 11.8 Å². The molecule has 0 aliphatic carbocycles. The molecule has 4 rings (SSSR count). The summed E-state index contributed by atoms with van der Waals surface area (Å²) in [4.78, 5) is 26.5. The third-order valence-corrected chi connectivity index (χ3v) is 5.70. The summed E-state index contributed by atoms with van der Waals surface area (Å²) in [6.07, 6.45) is 0. The average Bonchev–Trinajstić information content (AvgIpc) is 3.44. The van der Waals surface area contributed by atoms with E-state index in [1.54, 1.807) is 0 Å². The Kier molecular flexibility index (Phi) is 7.74. The summed E-state index contributed by atoms with van der Waals surface area (Å²) >= 11 is 0. The number of hydrogen-bond acceptors (Lipinski definition) is 7. The monoisotopic (exact) mass is 549 g/mol. The number of alkyl halides is 2. The Morgan fingerprint density at radius 1 is 1.08 bits per heavy atom. The van der Waals surface area contributed by atoms with Crippen molar-refractivity contribution in [3.8, 4) is 22.8 Å². The van der Waals surface area contributed by atoms with Crippen LogP contribution in [0.25, 0.3) is 11.3 Å². The summed E-state index contributed by atoms with van der Waals surface area (Å²) in [7, 11) is 2.60. The van der Waals surface area contributed by atoms with Crippen molar-refractivity contribution in [3.05, 3.63) is 75.7 Å². The molecule has 10 nitrogen and oxygen atoms in total. The molecule has 0 spiro atoms. The van der Waals surface area contributed by atoms with E-state index in [2.05, 4.69) is 20.3 Å². The van der Waals surface area contributed by atoms with E-state index in [1.165, 1.54) is 26.3 Å². The summed E-state index contributed by atoms with van der Waals surface area (Å²) in [6, 6.07) is 6.51. The standard InChI is InChI=1S/C25H23F4N5O5/c1-12(2)23-32-31-18(39-23)11-34-24(36)20(30-22(35)13-5-7-14(8-6-13)38-25(28)29)21(33(34)3)19-16(26)9-15(37-4)10-17(19)27/h5-10,12,25H,11H2,1-4H3,(H,30,35). The lowest BCUT2D eigenvalue weighted by atomic mass is 10.1. The van der Waals surface area contributed by atoms with Crippen LogP contribution in [0.5, 0.6) is 11.5 Å². The van der Waals surface area contributed by atoms with Crippen molar-refractivity contribution in [3.63, 3.8) is 0 Å². The molecule has 0 saturated heterocycles. The zero-order valence-electron chi connectivity index (χ0n) is 21.2. The van der Waals surface area contributed by atoms with Crippen LogP contribution in [-0.4, -0.2) is 39.2 Å². The number of nitrogens with one attached hydrogen (secondary N) is 1. The Labute approximate surface area is 218 Å². The van der Waals surface area contributed by atoms with Gasteiger partial charge in [-0.15, -0.1) is 10.2 Å². The van der Waals surface area contributed by atoms with Crippen LogP contribution < -0.4 is 20.3 Å². The van der Waals surface area contributed by atoms with Gasteiger partial charge in [-0.25, -0.2) is 13.5 Å². The van der Waals surface area contributed by atoms with Gasteiger partial charge >= 0.3 is 6.61 Å². The van der Waals surface area contributed by atoms with Crippen LogP contribution >= 0.6 is 0 Å². The van der Waals surface area contributed by atoms with Crippen molar-refractivity contribution in [1.29, 1.82) is 0 Å². The summed E-state index contributed by atoms with van der Waals surface area (Å²) < 4.78 is 72.1. The number of amides is 1. The first-order chi connectivity index (χ1) is 18.5. The first kappa shape index (κ1) is 27.4. The van der Waals surface area contributed by atoms with Crippen LogP contribution in [-0.2, 0) is 13.6 Å². The van der Waals surface area contributed by atoms with Crippen LogP contribution in [0.4, 0.5) is 23.2 Å². The number of ether oxygens (including phenoxy) is 2. The molecule has 2 aromatic carbocycles. The molecule has 4 aromatic rings. The molecule has 206 valence electrons. The Balaban J connectivity index is 1.80. The molecule has 1 N–H and O–H groups in total. The second kappa shape index (κ2) is 11.0. The molecule has 39 heavy (non-hydrogen) atoms. The number of hydrogen-bond donors (Lipinski definition) is 1. The van der Waals surface area contributed by atoms with E-state index in [0.717, 1.165) is 33.6 Å². The van der Waals surface area contributed by atoms with Gasteiger partial charge < -0.3 is 19.2 Å². The number of halogens is 4. The van der Waals surface area contributed by atoms with Crippen LogP contribution in [0.3, 0.4) is 0 Å². The molecular weight excluding hydrogens is 526 g/mol. The Hall–Kier alpha value is -4.62. The van der Waals surface area contributed by atoms with Gasteiger partial charge in [-0.3, -0.25) is 14.3 Å². The Morgan fingerprint density at radius 2 is 1.72 bits per heavy atom. The molecule has 0 bridgehead atoms. The maximum absolute atomic E-state index is 15.1. The maximum Gasteiger partial charge on any atom is 0.387 e. The zero-order valence-corrected chi connectivity index (χ0v) is 21.2. The molecular formula is C25H23F4N5O5. The van der Waals surface area contributed by atoms with Crippen LogP contribution in [0.2, 0.25) is 0 Å². The lowest BCUT2D eigenvalue weighted by molar-refractivity contribution is -0.0498. The Morgan fingerprint density at radius 3 is 2.26 bits per heavy atom. The van der Waals surface area contributed by atoms with Gasteiger partial charge in [-0.05, 0) is 24.3 Å². The number of rotatable bonds is 9. The highest BCUT2D eigenvalue weighted by Gasteiger charge is 2.28. The van der Waals surface area contributed by atoms with Crippen LogP contribution in [0.15, 0.2) is 45.6 Å². The van der Waals surface area contributed by atoms with E-state index in [-0.39, 0.29) is 41.1 Å². The predicted octanol–water partition coefficient (Wildman–Crippen LogP) is 4.55. The van der Waals surface area contributed by atoms with Gasteiger partial charge in [-0.1, -0.05) is 13.8 Å². The normalized spacial score (nSPS) is 11.3. The second-order valence-corrected chi connectivity index (χ2v) is 8.62. The van der Waals surface area contributed by atoms with Crippen molar-refractivity contribution in [2.75, 3.05) is 12.4 Å². The lowest BCUT2D eigenvalue weighted by Gasteiger charge is -2.12. The minimum absolute atomic E-state index is 0.0356. The number of anilines is 1. The van der Waals surface area contributed by atoms with E-state index in [9.17, 15) is 18.4 Å². The summed E-state index contributed by atoms with van der Waals surface area (Å²) in [6.45, 7) is 0.342. The van der Waals surface area contributed by atoms with E-state index < -0.39 is 41.0 Å². The molecule has 0 aliphatic heterocycles. The fraction of sp³-hybridized carbons (Fsp3) is 0.280. The van der Waals surface area contributed by atoms with Crippen LogP contribution in [0.1, 0.15) is 41.9 Å². The number of benzene rings is 2. The molecule has 0 aliphatic rings. The van der Waals surface area contributed by atoms with Gasteiger partial charge in [0, 0.05) is 30.7 Å². The molecule has 14 heteroatoms. The largest absolute Gasteiger partial charge is 0.497 e. The molecule has 0 saturated carbocycles. The third kappa shape index (κ3) is 5.63. The van der Waals surface area contributed by atoms with Crippen molar-refractivity contribution in [2.45, 2.75) is 32.9 Å². The smallest absolute Gasteiger partial charge is 0.387 e. The van der Waals surface area contributed by atoms with Gasteiger partial charge in [0.25, 0.3) is 11.5 Å². The van der Waals surface area contributed by atoms with Gasteiger partial charge in [0.1, 0.15) is 35.4 Å². The third-order valence-electron chi connectivity index (χ3n) is 5.70. The molecule has 1 amide bonds. The summed E-state index contributed by atoms with van der Waals surface area (Å²) in [5, 5.41) is 10.2. The van der Waals surface area contributed by atoms with E-state index >= 15 is 8.78 Å². The molecule has 2 aromatic heterocycles. The SMILES string of the molecule is COc1cc(F)c(-c2c(NC(=O)c3ccc(OC(F)F)cc3)c(=O)n(Cc3nnc(C(C)C)o3)n2C)c(F)c1. The minimum atomic E-state index is -3.06. The van der Waals surface area contributed by atoms with E-state index in [1.807, 2.05) is 13.8 Å². The van der Waals surface area contributed by atoms with Crippen LogP contribution in [0, 0.1) is 11.6 Å². The highest BCUT2D eigenvalue weighted by atomic mass is 19.3. The first-order valence-electron chi connectivity index (χ1n) is 11.5. The molecule has 2 heterocycles. The van der Waals surface area contributed by atoms with Crippen molar-refractivity contribution < 1.29 is 36.2 Å². The minimum Gasteiger partial charge on any atom is -0.497 e. The predicted molar refractivity (Wildman–Crippen MR) is 130 cm³/mol. The maximum atomic E-state index is 15.1. The zero-order chi connectivity index (χ0) is 28.4. The highest BCUT2D eigenvalue weighted by molar-refractivity contribution is 6.06. The van der Waals surface area contributed by atoms with Gasteiger partial charge in [-0.2, -0.15) is 8.78 Å². The van der Waals surface area contributed by atoms with Gasteiger partial charge in [0.05, 0.1) is 18.4 Å². The lowest BCUT2D eigenvalue weighted by Crippen LogP contribution is -2.25. The molecule has 0 atom stereocenters. The number of carbonyl (C=O) groups excluding carboxylic acids is 1. The topological polar surface area (TPSA) is 113 Å². The molecule has 0 radical (unpaired) electrons. The summed E-state index contributed by atoms with van der Waals surface area (Å²) in [5.41, 5.74) is -2.18. The molecule has 0 unspecified atom stereocenters. The summed E-state index contributed by atoms with van der Waals surface area (Å²) in [5.74, 6) is -2.93. The van der Waals surface area contributed by atoms with E-state index in [4.69, 9.17) is 9.15 Å². The first-order valence-corrected chi connectivity index (χ1v) is 11.5. The van der Waals surface area contributed by atoms with Crippen molar-refractivity contribution in [1.82, 2.24) is 19.6 Å². The number of aromatic nitrogens is 4. The molecule has 0 fully saturated rings. The van der Waals surface area contributed by atoms with Crippen molar-refractivity contribution >= 4 is 11.6 Å². The fourth-order valence-electron chi connectivity index (χ4n) is 3.79. The van der Waals surface area contributed by atoms with E-state index in [0.29, 0.717) is 5.89 Å². The average molecular weight is 549 g/mol. The number of carbonyl (C=O) groups is 1. The van der Waals surface area contributed by atoms with Gasteiger partial charge in [0.15, 0.2) is 0 Å². The quantitative estimate of drug-likeness (QED) is 0.305. The fourth-order valence-corrected chi connectivity index (χ4v) is 3.79. The number of methoxy groups -OCH3 is 1. The van der Waals surface area contributed by atoms with Crippen molar-refractivity contribution in [2.24, 2.45) is 7.05 Å². The number of nitrogens with zero attached hydrogens (tertiary/aromatic N) is 4.